The second kappa shape index (κ2) is 10.2. The number of urea groups is 1. The van der Waals surface area contributed by atoms with Crippen LogP contribution in [0.15, 0.2) is 54.6 Å². The van der Waals surface area contributed by atoms with Gasteiger partial charge in [-0.05, 0) is 16.7 Å². The SMILES string of the molecule is CN(CCC(=O)O)C(=O)NCc1ccc(COCc2ccccc2)cc1. The molecule has 0 saturated carbocycles. The predicted octanol–water partition coefficient (Wildman–Crippen LogP) is 3.02. The van der Waals surface area contributed by atoms with Crippen LogP contribution in [0.4, 0.5) is 4.79 Å². The number of carbonyl (C=O) groups is 2. The molecule has 0 atom stereocenters. The highest BCUT2D eigenvalue weighted by molar-refractivity contribution is 5.75. The van der Waals surface area contributed by atoms with Gasteiger partial charge in [0.15, 0.2) is 0 Å². The first-order valence-electron chi connectivity index (χ1n) is 8.45. The summed E-state index contributed by atoms with van der Waals surface area (Å²) in [4.78, 5) is 23.8. The highest BCUT2D eigenvalue weighted by Crippen LogP contribution is 2.08. The molecule has 0 aliphatic heterocycles. The Morgan fingerprint density at radius 1 is 0.962 bits per heavy atom. The van der Waals surface area contributed by atoms with E-state index in [1.165, 1.54) is 4.90 Å². The van der Waals surface area contributed by atoms with Gasteiger partial charge in [0.25, 0.3) is 0 Å². The van der Waals surface area contributed by atoms with Gasteiger partial charge in [0, 0.05) is 20.1 Å². The zero-order valence-corrected chi connectivity index (χ0v) is 14.9. The van der Waals surface area contributed by atoms with Crippen molar-refractivity contribution >= 4 is 12.0 Å². The number of amides is 2. The Morgan fingerprint density at radius 2 is 1.54 bits per heavy atom. The van der Waals surface area contributed by atoms with Gasteiger partial charge in [-0.1, -0.05) is 54.6 Å². The molecule has 138 valence electrons. The van der Waals surface area contributed by atoms with E-state index in [0.717, 1.165) is 16.7 Å². The number of nitrogens with one attached hydrogen (secondary N) is 1. The topological polar surface area (TPSA) is 78.9 Å². The highest BCUT2D eigenvalue weighted by Gasteiger charge is 2.09. The Morgan fingerprint density at radius 3 is 2.15 bits per heavy atom. The standard InChI is InChI=1S/C20H24N2O4/c1-22(12-11-19(23)24)20(25)21-13-16-7-9-18(10-8-16)15-26-14-17-5-3-2-4-6-17/h2-10H,11-15H2,1H3,(H,21,25)(H,23,24). The van der Waals surface area contributed by atoms with E-state index < -0.39 is 5.97 Å². The van der Waals surface area contributed by atoms with Crippen molar-refractivity contribution in [1.29, 1.82) is 0 Å². The largest absolute Gasteiger partial charge is 0.481 e. The van der Waals surface area contributed by atoms with Gasteiger partial charge in [0.1, 0.15) is 0 Å². The first kappa shape index (κ1) is 19.5. The summed E-state index contributed by atoms with van der Waals surface area (Å²) >= 11 is 0. The van der Waals surface area contributed by atoms with Crippen LogP contribution in [-0.2, 0) is 29.3 Å². The number of rotatable bonds is 9. The number of aliphatic carboxylic acids is 1. The number of carboxylic acids is 1. The first-order chi connectivity index (χ1) is 12.5. The number of ether oxygens (including phenoxy) is 1. The van der Waals surface area contributed by atoms with Crippen molar-refractivity contribution in [2.24, 2.45) is 0 Å². The van der Waals surface area contributed by atoms with Gasteiger partial charge in [0.2, 0.25) is 0 Å². The molecule has 0 fully saturated rings. The fourth-order valence-electron chi connectivity index (χ4n) is 2.29. The van der Waals surface area contributed by atoms with Crippen LogP contribution in [0.5, 0.6) is 0 Å². The van der Waals surface area contributed by atoms with Crippen molar-refractivity contribution in [2.75, 3.05) is 13.6 Å². The summed E-state index contributed by atoms with van der Waals surface area (Å²) in [5, 5.41) is 11.4. The Balaban J connectivity index is 1.71. The molecule has 2 rings (SSSR count). The molecule has 0 spiro atoms. The van der Waals surface area contributed by atoms with Gasteiger partial charge in [-0.2, -0.15) is 0 Å². The third-order valence-electron chi connectivity index (χ3n) is 3.85. The number of benzene rings is 2. The summed E-state index contributed by atoms with van der Waals surface area (Å²) in [5.41, 5.74) is 3.17. The average molecular weight is 356 g/mol. The fourth-order valence-corrected chi connectivity index (χ4v) is 2.29. The summed E-state index contributed by atoms with van der Waals surface area (Å²) in [7, 11) is 1.57. The molecule has 6 heteroatoms. The van der Waals surface area contributed by atoms with E-state index in [1.807, 2.05) is 54.6 Å². The second-order valence-electron chi connectivity index (χ2n) is 6.02. The zero-order chi connectivity index (χ0) is 18.8. The normalized spacial score (nSPS) is 10.3. The van der Waals surface area contributed by atoms with E-state index in [4.69, 9.17) is 9.84 Å². The minimum absolute atomic E-state index is 0.0679. The molecule has 0 aliphatic carbocycles. The van der Waals surface area contributed by atoms with Crippen LogP contribution in [0, 0.1) is 0 Å². The minimum atomic E-state index is -0.922. The van der Waals surface area contributed by atoms with Crippen LogP contribution in [0.25, 0.3) is 0 Å². The minimum Gasteiger partial charge on any atom is -0.481 e. The molecule has 0 aromatic heterocycles. The van der Waals surface area contributed by atoms with E-state index >= 15 is 0 Å². The summed E-state index contributed by atoms with van der Waals surface area (Å²) < 4.78 is 5.70. The summed E-state index contributed by atoms with van der Waals surface area (Å²) in [6, 6.07) is 17.5. The van der Waals surface area contributed by atoms with E-state index in [1.54, 1.807) is 7.05 Å². The maximum Gasteiger partial charge on any atom is 0.317 e. The Bertz CT molecular complexity index is 702. The lowest BCUT2D eigenvalue weighted by Gasteiger charge is -2.17. The number of nitrogens with zero attached hydrogens (tertiary/aromatic N) is 1. The quantitative estimate of drug-likeness (QED) is 0.724. The molecule has 2 amide bonds. The maximum atomic E-state index is 11.9. The monoisotopic (exact) mass is 356 g/mol. The molecule has 0 bridgehead atoms. The lowest BCUT2D eigenvalue weighted by molar-refractivity contribution is -0.137. The van der Waals surface area contributed by atoms with Gasteiger partial charge < -0.3 is 20.1 Å². The molecule has 0 radical (unpaired) electrons. The van der Waals surface area contributed by atoms with Gasteiger partial charge in [0.05, 0.1) is 19.6 Å². The number of hydrogen-bond acceptors (Lipinski definition) is 3. The molecule has 6 nitrogen and oxygen atoms in total. The lowest BCUT2D eigenvalue weighted by atomic mass is 10.1. The van der Waals surface area contributed by atoms with Crippen molar-refractivity contribution in [3.8, 4) is 0 Å². The summed E-state index contributed by atoms with van der Waals surface area (Å²) in [6.07, 6.45) is -0.0679. The van der Waals surface area contributed by atoms with Crippen molar-refractivity contribution < 1.29 is 19.4 Å². The van der Waals surface area contributed by atoms with Gasteiger partial charge >= 0.3 is 12.0 Å². The molecule has 0 saturated heterocycles. The predicted molar refractivity (Wildman–Crippen MR) is 98.5 cm³/mol. The first-order valence-corrected chi connectivity index (χ1v) is 8.45. The average Bonchev–Trinajstić information content (AvgIpc) is 2.66. The van der Waals surface area contributed by atoms with Gasteiger partial charge in [-0.25, -0.2) is 4.79 Å². The van der Waals surface area contributed by atoms with E-state index in [9.17, 15) is 9.59 Å². The fraction of sp³-hybridized carbons (Fsp3) is 0.300. The third kappa shape index (κ3) is 6.94. The number of hydrogen-bond donors (Lipinski definition) is 2. The molecular formula is C20H24N2O4. The molecule has 0 aliphatic rings. The maximum absolute atomic E-state index is 11.9. The van der Waals surface area contributed by atoms with Crippen LogP contribution < -0.4 is 5.32 Å². The van der Waals surface area contributed by atoms with Crippen LogP contribution in [0.3, 0.4) is 0 Å². The molecule has 2 N–H and O–H groups in total. The summed E-state index contributed by atoms with van der Waals surface area (Å²) in [6.45, 7) is 1.67. The van der Waals surface area contributed by atoms with Crippen molar-refractivity contribution in [3.63, 3.8) is 0 Å². The highest BCUT2D eigenvalue weighted by atomic mass is 16.5. The molecule has 0 unspecified atom stereocenters. The van der Waals surface area contributed by atoms with Crippen molar-refractivity contribution in [1.82, 2.24) is 10.2 Å². The van der Waals surface area contributed by atoms with Crippen LogP contribution >= 0.6 is 0 Å². The van der Waals surface area contributed by atoms with Crippen LogP contribution in [-0.4, -0.2) is 35.6 Å². The molecule has 2 aromatic carbocycles. The third-order valence-corrected chi connectivity index (χ3v) is 3.85. The van der Waals surface area contributed by atoms with E-state index in [0.29, 0.717) is 19.8 Å². The van der Waals surface area contributed by atoms with E-state index in [2.05, 4.69) is 5.32 Å². The van der Waals surface area contributed by atoms with Gasteiger partial charge in [-0.15, -0.1) is 0 Å². The van der Waals surface area contributed by atoms with E-state index in [-0.39, 0.29) is 19.0 Å². The van der Waals surface area contributed by atoms with Gasteiger partial charge in [-0.3, -0.25) is 4.79 Å². The number of carbonyl (C=O) groups excluding carboxylic acids is 1. The Labute approximate surface area is 153 Å². The van der Waals surface area contributed by atoms with Crippen molar-refractivity contribution in [2.45, 2.75) is 26.2 Å². The second-order valence-corrected chi connectivity index (χ2v) is 6.02. The molecule has 26 heavy (non-hydrogen) atoms. The van der Waals surface area contributed by atoms with Crippen molar-refractivity contribution in [3.05, 3.63) is 71.3 Å². The lowest BCUT2D eigenvalue weighted by Crippen LogP contribution is -2.37. The van der Waals surface area contributed by atoms with Crippen LogP contribution in [0.1, 0.15) is 23.1 Å². The molecule has 2 aromatic rings. The Hall–Kier alpha value is -2.86. The molecular weight excluding hydrogens is 332 g/mol. The smallest absolute Gasteiger partial charge is 0.317 e. The summed E-state index contributed by atoms with van der Waals surface area (Å²) in [5.74, 6) is -0.922. The molecule has 0 heterocycles. The number of carboxylic acid groups (broad SMARTS) is 1. The zero-order valence-electron chi connectivity index (χ0n) is 14.9. The van der Waals surface area contributed by atoms with Crippen LogP contribution in [0.2, 0.25) is 0 Å². The Kier molecular flexibility index (Phi) is 7.64.